The van der Waals surface area contributed by atoms with Crippen molar-refractivity contribution in [1.29, 1.82) is 5.26 Å². The summed E-state index contributed by atoms with van der Waals surface area (Å²) in [4.78, 5) is 26.3. The molecule has 5 rings (SSSR count). The van der Waals surface area contributed by atoms with E-state index in [0.717, 1.165) is 24.1 Å². The average molecular weight is 473 g/mol. The molecule has 0 fully saturated rings. The number of nitrogens with zero attached hydrogens (tertiary/aromatic N) is 6. The van der Waals surface area contributed by atoms with Crippen molar-refractivity contribution in [2.75, 3.05) is 11.9 Å². The molecule has 0 aliphatic carbocycles. The zero-order chi connectivity index (χ0) is 24.7. The van der Waals surface area contributed by atoms with Gasteiger partial charge in [0, 0.05) is 25.5 Å². The SMILES string of the molecule is CCn1c(=O)c2cnc(Nc3cc4c(cc3F)CNCC4)nc2n1-c1ccnc(C(C)(C)C#N)c1. The minimum Gasteiger partial charge on any atom is -0.322 e. The zero-order valence-electron chi connectivity index (χ0n) is 19.8. The second-order valence-corrected chi connectivity index (χ2v) is 9.05. The second-order valence-electron chi connectivity index (χ2n) is 9.05. The molecule has 178 valence electrons. The lowest BCUT2D eigenvalue weighted by Gasteiger charge is -2.19. The Bertz CT molecular complexity index is 1550. The Morgan fingerprint density at radius 1 is 1.26 bits per heavy atom. The number of pyridine rings is 1. The third-order valence-corrected chi connectivity index (χ3v) is 6.31. The smallest absolute Gasteiger partial charge is 0.278 e. The van der Waals surface area contributed by atoms with Crippen LogP contribution in [-0.2, 0) is 24.9 Å². The topological polar surface area (TPSA) is 113 Å². The van der Waals surface area contributed by atoms with Gasteiger partial charge < -0.3 is 10.6 Å². The first kappa shape index (κ1) is 22.7. The van der Waals surface area contributed by atoms with Crippen molar-refractivity contribution < 1.29 is 4.39 Å². The molecule has 1 aromatic carbocycles. The van der Waals surface area contributed by atoms with E-state index >= 15 is 0 Å². The number of hydrogen-bond donors (Lipinski definition) is 2. The van der Waals surface area contributed by atoms with Crippen molar-refractivity contribution in [3.8, 4) is 11.8 Å². The molecule has 0 bridgehead atoms. The number of rotatable bonds is 5. The lowest BCUT2D eigenvalue weighted by Crippen LogP contribution is -2.23. The highest BCUT2D eigenvalue weighted by Gasteiger charge is 2.24. The highest BCUT2D eigenvalue weighted by Crippen LogP contribution is 2.27. The van der Waals surface area contributed by atoms with Gasteiger partial charge in [0.2, 0.25) is 5.95 Å². The molecule has 1 aliphatic heterocycles. The van der Waals surface area contributed by atoms with Crippen LogP contribution in [0, 0.1) is 17.1 Å². The Hall–Kier alpha value is -4.10. The molecular weight excluding hydrogens is 447 g/mol. The van der Waals surface area contributed by atoms with E-state index in [4.69, 9.17) is 0 Å². The standard InChI is InChI=1S/C25H25FN8O/c1-4-33-23(35)18-13-30-24(31-20-10-15-5-7-28-12-16(15)9-19(20)26)32-22(18)34(33)17-6-8-29-21(11-17)25(2,3)14-27/h6,8-11,13,28H,4-5,7,12H2,1-3H3,(H,30,31,32). The van der Waals surface area contributed by atoms with Gasteiger partial charge in [0.05, 0.1) is 28.6 Å². The molecule has 0 atom stereocenters. The predicted molar refractivity (Wildman–Crippen MR) is 130 cm³/mol. The number of nitrogens with one attached hydrogen (secondary N) is 2. The van der Waals surface area contributed by atoms with Crippen molar-refractivity contribution in [3.63, 3.8) is 0 Å². The van der Waals surface area contributed by atoms with Gasteiger partial charge >= 0.3 is 0 Å². The van der Waals surface area contributed by atoms with E-state index in [1.165, 1.54) is 12.3 Å². The fourth-order valence-corrected chi connectivity index (χ4v) is 4.31. The molecule has 0 unspecified atom stereocenters. The monoisotopic (exact) mass is 472 g/mol. The largest absolute Gasteiger partial charge is 0.322 e. The molecule has 1 aliphatic rings. The summed E-state index contributed by atoms with van der Waals surface area (Å²) in [6.07, 6.45) is 3.88. The van der Waals surface area contributed by atoms with Crippen LogP contribution in [0.5, 0.6) is 0 Å². The quantitative estimate of drug-likeness (QED) is 0.458. The number of aromatic nitrogens is 5. The molecule has 3 aromatic heterocycles. The molecule has 4 aromatic rings. The van der Waals surface area contributed by atoms with Crippen LogP contribution in [0.4, 0.5) is 16.0 Å². The molecule has 0 saturated carbocycles. The number of nitriles is 1. The van der Waals surface area contributed by atoms with Gasteiger partial charge in [-0.2, -0.15) is 10.2 Å². The lowest BCUT2D eigenvalue weighted by molar-refractivity contribution is 0.572. The molecule has 35 heavy (non-hydrogen) atoms. The summed E-state index contributed by atoms with van der Waals surface area (Å²) in [5, 5.41) is 16.1. The molecule has 0 amide bonds. The van der Waals surface area contributed by atoms with Crippen LogP contribution >= 0.6 is 0 Å². The van der Waals surface area contributed by atoms with Crippen LogP contribution < -0.4 is 16.2 Å². The summed E-state index contributed by atoms with van der Waals surface area (Å²) in [5.41, 5.74) is 2.86. The zero-order valence-corrected chi connectivity index (χ0v) is 19.8. The fraction of sp³-hybridized carbons (Fsp3) is 0.320. The van der Waals surface area contributed by atoms with Crippen LogP contribution in [-0.4, -0.2) is 30.9 Å². The third-order valence-electron chi connectivity index (χ3n) is 6.31. The highest BCUT2D eigenvalue weighted by atomic mass is 19.1. The summed E-state index contributed by atoms with van der Waals surface area (Å²) in [6.45, 7) is 7.31. The van der Waals surface area contributed by atoms with Gasteiger partial charge in [-0.25, -0.2) is 18.7 Å². The van der Waals surface area contributed by atoms with E-state index in [1.807, 2.05) is 6.92 Å². The van der Waals surface area contributed by atoms with Crippen molar-refractivity contribution in [2.24, 2.45) is 0 Å². The normalized spacial score (nSPS) is 13.5. The maximum Gasteiger partial charge on any atom is 0.278 e. The van der Waals surface area contributed by atoms with Gasteiger partial charge in [-0.1, -0.05) is 0 Å². The first-order chi connectivity index (χ1) is 16.8. The Kier molecular flexibility index (Phi) is 5.57. The van der Waals surface area contributed by atoms with E-state index in [9.17, 15) is 14.4 Å². The van der Waals surface area contributed by atoms with Gasteiger partial charge in [0.1, 0.15) is 11.2 Å². The maximum absolute atomic E-state index is 14.8. The first-order valence-electron chi connectivity index (χ1n) is 11.5. The molecule has 10 heteroatoms. The number of halogens is 1. The van der Waals surface area contributed by atoms with Gasteiger partial charge in [0.15, 0.2) is 5.65 Å². The van der Waals surface area contributed by atoms with Gasteiger partial charge in [-0.05, 0) is 69.1 Å². The minimum absolute atomic E-state index is 0.180. The van der Waals surface area contributed by atoms with Gasteiger partial charge in [0.25, 0.3) is 5.56 Å². The molecule has 2 N–H and O–H groups in total. The Balaban J connectivity index is 1.63. The Morgan fingerprint density at radius 2 is 2.09 bits per heavy atom. The molecule has 0 radical (unpaired) electrons. The van der Waals surface area contributed by atoms with Crippen LogP contribution in [0.3, 0.4) is 0 Å². The van der Waals surface area contributed by atoms with Crippen LogP contribution in [0.1, 0.15) is 37.6 Å². The van der Waals surface area contributed by atoms with E-state index in [2.05, 4.69) is 31.7 Å². The summed E-state index contributed by atoms with van der Waals surface area (Å²) in [7, 11) is 0. The second kappa shape index (κ2) is 8.60. The van der Waals surface area contributed by atoms with E-state index in [1.54, 1.807) is 47.6 Å². The number of anilines is 2. The summed E-state index contributed by atoms with van der Waals surface area (Å²) in [6, 6.07) is 9.12. The number of hydrogen-bond acceptors (Lipinski definition) is 7. The molecule has 0 spiro atoms. The maximum atomic E-state index is 14.8. The molecule has 0 saturated heterocycles. The third kappa shape index (κ3) is 3.94. The van der Waals surface area contributed by atoms with Crippen molar-refractivity contribution >= 4 is 22.7 Å². The van der Waals surface area contributed by atoms with Crippen LogP contribution in [0.2, 0.25) is 0 Å². The van der Waals surface area contributed by atoms with Crippen molar-refractivity contribution in [3.05, 3.63) is 69.7 Å². The van der Waals surface area contributed by atoms with Gasteiger partial charge in [-0.3, -0.25) is 9.78 Å². The summed E-state index contributed by atoms with van der Waals surface area (Å²) >= 11 is 0. The van der Waals surface area contributed by atoms with Crippen molar-refractivity contribution in [2.45, 2.75) is 45.7 Å². The van der Waals surface area contributed by atoms with Crippen LogP contribution in [0.15, 0.2) is 41.5 Å². The van der Waals surface area contributed by atoms with E-state index in [0.29, 0.717) is 35.5 Å². The number of benzene rings is 1. The molecule has 4 heterocycles. The van der Waals surface area contributed by atoms with E-state index in [-0.39, 0.29) is 17.2 Å². The highest BCUT2D eigenvalue weighted by molar-refractivity contribution is 5.77. The average Bonchev–Trinajstić information content (AvgIpc) is 3.15. The summed E-state index contributed by atoms with van der Waals surface area (Å²) in [5.74, 6) is -0.212. The van der Waals surface area contributed by atoms with E-state index < -0.39 is 11.2 Å². The van der Waals surface area contributed by atoms with Crippen molar-refractivity contribution in [1.82, 2.24) is 29.6 Å². The molecule has 9 nitrogen and oxygen atoms in total. The fourth-order valence-electron chi connectivity index (χ4n) is 4.31. The van der Waals surface area contributed by atoms with Crippen LogP contribution in [0.25, 0.3) is 16.7 Å². The summed E-state index contributed by atoms with van der Waals surface area (Å²) < 4.78 is 18.0. The predicted octanol–water partition coefficient (Wildman–Crippen LogP) is 3.33. The Labute approximate surface area is 201 Å². The first-order valence-corrected chi connectivity index (χ1v) is 11.5. The minimum atomic E-state index is -0.808. The Morgan fingerprint density at radius 3 is 2.86 bits per heavy atom. The lowest BCUT2D eigenvalue weighted by atomic mass is 9.91. The van der Waals surface area contributed by atoms with Gasteiger partial charge in [-0.15, -0.1) is 0 Å². The molecular formula is C25H25FN8O. The number of fused-ring (bicyclic) bond motifs is 2.